The highest BCUT2D eigenvalue weighted by Crippen LogP contribution is 2.80. The van der Waals surface area contributed by atoms with Crippen molar-refractivity contribution in [3.8, 4) is 5.75 Å². The summed E-state index contributed by atoms with van der Waals surface area (Å²) in [7, 11) is 9.99. The van der Waals surface area contributed by atoms with Gasteiger partial charge in [-0.3, -0.25) is 19.4 Å². The summed E-state index contributed by atoms with van der Waals surface area (Å²) in [6, 6.07) is 10.5. The fourth-order valence-electron chi connectivity index (χ4n) is 14.1. The van der Waals surface area contributed by atoms with Crippen LogP contribution in [-0.2, 0) is 50.6 Å². The van der Waals surface area contributed by atoms with Gasteiger partial charge in [-0.25, -0.2) is 4.79 Å². The number of ether oxygens (including phenoxy) is 5. The van der Waals surface area contributed by atoms with Gasteiger partial charge in [-0.05, 0) is 86.4 Å². The number of esters is 3. The normalized spacial score (nSPS) is 36.6. The minimum atomic E-state index is -1.67. The molecule has 350 valence electrons. The van der Waals surface area contributed by atoms with Crippen molar-refractivity contribution in [2.24, 2.45) is 11.3 Å². The number of methoxy groups -OCH3 is 3. The molecule has 15 heteroatoms. The predicted octanol–water partition coefficient (Wildman–Crippen LogP) is 6.90. The van der Waals surface area contributed by atoms with E-state index in [9.17, 15) is 14.7 Å². The van der Waals surface area contributed by atoms with E-state index in [1.54, 1.807) is 17.9 Å². The van der Waals surface area contributed by atoms with Crippen molar-refractivity contribution in [3.05, 3.63) is 64.9 Å². The lowest BCUT2D eigenvalue weighted by Crippen LogP contribution is -2.75. The fourth-order valence-corrected chi connectivity index (χ4v) is 16.1. The Balaban J connectivity index is 1.26. The lowest BCUT2D eigenvalue weighted by Gasteiger charge is -2.58. The molecule has 7 aliphatic rings. The molecule has 13 nitrogen and oxygen atoms in total. The van der Waals surface area contributed by atoms with E-state index in [1.165, 1.54) is 21.1 Å². The van der Waals surface area contributed by atoms with Gasteiger partial charge < -0.3 is 38.7 Å². The van der Waals surface area contributed by atoms with E-state index in [2.05, 4.69) is 83.8 Å². The first kappa shape index (κ1) is 45.1. The Morgan fingerprint density at radius 3 is 2.45 bits per heavy atom. The molecule has 2 bridgehead atoms. The number of nitrogens with one attached hydrogen (secondary N) is 1. The summed E-state index contributed by atoms with van der Waals surface area (Å²) in [5.41, 5.74) is -1.86. The van der Waals surface area contributed by atoms with E-state index in [4.69, 9.17) is 23.7 Å². The first-order chi connectivity index (χ1) is 30.9. The van der Waals surface area contributed by atoms with Crippen LogP contribution in [0.2, 0.25) is 0 Å². The molecule has 0 amide bonds. The SMILES string of the molecule is CC[C@]1(O)C[C@H]2CN(CCc3c([nH]c4ccc(SSC(C)(C)C)cc34)[C@@](C(=O)OC)(c3cc4c(cc3OC)N(C)[C@@]35O[C@]3(C(=O)OC)[C@H](OC(C)=O)[C@]3(CC)C=CCN6CC[C@]45[C@@H]63)C2)C1. The van der Waals surface area contributed by atoms with Gasteiger partial charge in [0.2, 0.25) is 0 Å². The largest absolute Gasteiger partial charge is 0.496 e. The van der Waals surface area contributed by atoms with Gasteiger partial charge in [-0.2, -0.15) is 0 Å². The second-order valence-electron chi connectivity index (χ2n) is 20.8. The molecule has 65 heavy (non-hydrogen) atoms. The van der Waals surface area contributed by atoms with Gasteiger partial charge in [0.1, 0.15) is 11.2 Å². The Kier molecular flexibility index (Phi) is 10.5. The number of carbonyl (C=O) groups excluding carboxylic acids is 3. The van der Waals surface area contributed by atoms with Crippen LogP contribution in [0.25, 0.3) is 10.9 Å². The van der Waals surface area contributed by atoms with Crippen LogP contribution in [0, 0.1) is 11.3 Å². The number of aromatic nitrogens is 1. The summed E-state index contributed by atoms with van der Waals surface area (Å²) in [6.07, 6.45) is 6.59. The molecule has 10 rings (SSSR count). The van der Waals surface area contributed by atoms with Crippen molar-refractivity contribution in [1.82, 2.24) is 14.8 Å². The van der Waals surface area contributed by atoms with Gasteiger partial charge in [0.15, 0.2) is 11.8 Å². The number of carbonyl (C=O) groups is 3. The molecular weight excluding hydrogens is 865 g/mol. The van der Waals surface area contributed by atoms with Crippen molar-refractivity contribution in [2.75, 3.05) is 66.0 Å². The van der Waals surface area contributed by atoms with Gasteiger partial charge in [0.25, 0.3) is 5.60 Å². The summed E-state index contributed by atoms with van der Waals surface area (Å²) in [6.45, 7) is 15.5. The first-order valence-electron chi connectivity index (χ1n) is 23.3. The maximum Gasteiger partial charge on any atom is 0.347 e. The fraction of sp³-hybridized carbons (Fsp3) is 0.620. The molecule has 2 N–H and O–H groups in total. The molecule has 3 saturated heterocycles. The van der Waals surface area contributed by atoms with Crippen LogP contribution >= 0.6 is 21.6 Å². The van der Waals surface area contributed by atoms with Gasteiger partial charge in [0, 0.05) is 95.2 Å². The molecule has 1 aromatic heterocycles. The Bertz CT molecular complexity index is 2520. The monoisotopic (exact) mass is 928 g/mol. The highest BCUT2D eigenvalue weighted by Gasteiger charge is 2.98. The van der Waals surface area contributed by atoms with E-state index in [1.807, 2.05) is 30.8 Å². The number of nitrogens with zero attached hydrogens (tertiary/aromatic N) is 3. The highest BCUT2D eigenvalue weighted by molar-refractivity contribution is 8.77. The number of fused-ring (bicyclic) bond motifs is 6. The van der Waals surface area contributed by atoms with Gasteiger partial charge in [-0.1, -0.05) is 68.4 Å². The van der Waals surface area contributed by atoms with Crippen LogP contribution in [-0.4, -0.2) is 133 Å². The molecule has 10 atom stereocenters. The molecule has 1 saturated carbocycles. The number of anilines is 1. The van der Waals surface area contributed by atoms with Crippen molar-refractivity contribution in [2.45, 2.75) is 130 Å². The van der Waals surface area contributed by atoms with Crippen molar-refractivity contribution in [1.29, 1.82) is 0 Å². The molecule has 3 aromatic rings. The quantitative estimate of drug-likeness (QED) is 0.0755. The molecule has 2 spiro atoms. The van der Waals surface area contributed by atoms with Crippen molar-refractivity contribution in [3.63, 3.8) is 0 Å². The number of piperidine rings is 1. The summed E-state index contributed by atoms with van der Waals surface area (Å²) >= 11 is 0. The number of aliphatic hydroxyl groups is 1. The molecule has 4 fully saturated rings. The summed E-state index contributed by atoms with van der Waals surface area (Å²) in [4.78, 5) is 55.3. The van der Waals surface area contributed by atoms with Crippen LogP contribution in [0.15, 0.2) is 47.4 Å². The van der Waals surface area contributed by atoms with Crippen LogP contribution in [0.5, 0.6) is 5.75 Å². The van der Waals surface area contributed by atoms with Crippen molar-refractivity contribution < 1.29 is 43.2 Å². The maximum absolute atomic E-state index is 15.6. The van der Waals surface area contributed by atoms with E-state index < -0.39 is 57.2 Å². The molecule has 2 aromatic carbocycles. The lowest BCUT2D eigenvalue weighted by molar-refractivity contribution is -0.178. The van der Waals surface area contributed by atoms with Crippen molar-refractivity contribution >= 4 is 56.1 Å². The van der Waals surface area contributed by atoms with Gasteiger partial charge in [0.05, 0.1) is 32.3 Å². The van der Waals surface area contributed by atoms with Crippen LogP contribution in [0.3, 0.4) is 0 Å². The molecule has 7 heterocycles. The zero-order valence-corrected chi connectivity index (χ0v) is 41.1. The molecule has 1 unspecified atom stereocenters. The zero-order chi connectivity index (χ0) is 46.3. The standard InChI is InChI=1S/C50H64N4O9S2/c1-11-45(58)25-30-26-47(42(56)60-9,39-32(16-20-53(27-30)28-45)33-22-31(14-15-36(33)51-39)64-65-44(4,5)6)35-23-34-37(24-38(35)59-8)52(7)50-48(34)18-21-54-19-13-17-46(12-2,40(48)54)41(62-29(3)55)49(50,63-50)43(57)61-10/h13-15,17,22-24,30,40-41,51,58H,11-12,16,18-21,25-28H2,1-10H3/t30-,40+,41-,45+,46-,47+,48-,49+,50+/m1/s1. The molecule has 6 aliphatic heterocycles. The average Bonchev–Trinajstić information content (AvgIpc) is 3.53. The average molecular weight is 929 g/mol. The number of hydrogen-bond donors (Lipinski definition) is 2. The summed E-state index contributed by atoms with van der Waals surface area (Å²) in [5.74, 6) is -1.11. The minimum Gasteiger partial charge on any atom is -0.496 e. The number of aromatic amines is 1. The second kappa shape index (κ2) is 15.1. The Morgan fingerprint density at radius 2 is 1.77 bits per heavy atom. The van der Waals surface area contributed by atoms with E-state index in [-0.39, 0.29) is 16.7 Å². The molecular formula is C50H64N4O9S2. The maximum atomic E-state index is 15.6. The Labute approximate surface area is 390 Å². The lowest BCUT2D eigenvalue weighted by atomic mass is 9.49. The molecule has 0 radical (unpaired) electrons. The number of benzene rings is 2. The number of rotatable bonds is 9. The van der Waals surface area contributed by atoms with Crippen LogP contribution in [0.1, 0.15) is 96.0 Å². The van der Waals surface area contributed by atoms with Gasteiger partial charge >= 0.3 is 17.9 Å². The second-order valence-corrected chi connectivity index (χ2v) is 23.8. The first-order valence-corrected chi connectivity index (χ1v) is 25.4. The molecule has 1 aliphatic carbocycles. The number of hydrogen-bond acceptors (Lipinski definition) is 14. The summed E-state index contributed by atoms with van der Waals surface area (Å²) in [5, 5.41) is 13.2. The summed E-state index contributed by atoms with van der Waals surface area (Å²) < 4.78 is 31.8. The third kappa shape index (κ3) is 5.90. The topological polar surface area (TPSA) is 146 Å². The third-order valence-corrected chi connectivity index (χ3v) is 19.8. The van der Waals surface area contributed by atoms with Crippen LogP contribution in [0.4, 0.5) is 5.69 Å². The third-order valence-electron chi connectivity index (χ3n) is 16.5. The van der Waals surface area contributed by atoms with Crippen LogP contribution < -0.4 is 9.64 Å². The van der Waals surface area contributed by atoms with E-state index in [0.29, 0.717) is 82.6 Å². The Morgan fingerprint density at radius 1 is 1.00 bits per heavy atom. The predicted molar refractivity (Wildman–Crippen MR) is 251 cm³/mol. The number of likely N-dealkylation sites (N-methyl/N-ethyl adjacent to an activating group) is 1. The van der Waals surface area contributed by atoms with Gasteiger partial charge in [-0.15, -0.1) is 0 Å². The minimum absolute atomic E-state index is 0.0461. The number of H-pyrrole nitrogens is 1. The van der Waals surface area contributed by atoms with E-state index >= 15 is 4.79 Å². The number of epoxide rings is 1. The smallest absolute Gasteiger partial charge is 0.347 e. The zero-order valence-electron chi connectivity index (χ0n) is 39.4. The van der Waals surface area contributed by atoms with E-state index in [0.717, 1.165) is 38.3 Å². The Hall–Kier alpha value is -3.73. The highest BCUT2D eigenvalue weighted by atomic mass is 33.1.